The molecule has 1 aromatic rings. The minimum absolute atomic E-state index is 0.0210. The maximum absolute atomic E-state index is 12.1. The lowest BCUT2D eigenvalue weighted by Crippen LogP contribution is -2.31. The first-order chi connectivity index (χ1) is 8.89. The van der Waals surface area contributed by atoms with Crippen LogP contribution in [0, 0.1) is 10.1 Å². The Hall–Kier alpha value is -1.61. The van der Waals surface area contributed by atoms with Gasteiger partial charge in [0.25, 0.3) is 21.6 Å². The van der Waals surface area contributed by atoms with Gasteiger partial charge in [-0.05, 0) is 18.2 Å². The Morgan fingerprint density at radius 1 is 1.37 bits per heavy atom. The molecular formula is C10H10N2O5S2. The third-order valence-electron chi connectivity index (χ3n) is 2.72. The van der Waals surface area contributed by atoms with Crippen molar-refractivity contribution in [3.63, 3.8) is 0 Å². The second-order valence-electron chi connectivity index (χ2n) is 3.90. The summed E-state index contributed by atoms with van der Waals surface area (Å²) in [5.41, 5.74) is -0.379. The van der Waals surface area contributed by atoms with Crippen molar-refractivity contribution < 1.29 is 18.1 Å². The number of nitro benzene ring substituents is 1. The van der Waals surface area contributed by atoms with Crippen molar-refractivity contribution in [3.05, 3.63) is 33.9 Å². The Balaban J connectivity index is 2.51. The Labute approximate surface area is 114 Å². The highest BCUT2D eigenvalue weighted by atomic mass is 32.2. The Morgan fingerprint density at radius 3 is 2.63 bits per heavy atom. The molecule has 0 unspecified atom stereocenters. The molecule has 1 heterocycles. The number of non-ortho nitro benzene ring substituents is 1. The first-order valence-corrected chi connectivity index (χ1v) is 7.43. The van der Waals surface area contributed by atoms with E-state index >= 15 is 0 Å². The molecule has 1 amide bonds. The number of nitrogens with zero attached hydrogens (tertiary/aromatic N) is 2. The summed E-state index contributed by atoms with van der Waals surface area (Å²) in [6.45, 7) is 0.0210. The highest BCUT2D eigenvalue weighted by Crippen LogP contribution is 2.32. The fraction of sp³-hybridized carbons (Fsp3) is 0.300. The van der Waals surface area contributed by atoms with Gasteiger partial charge in [0.05, 0.1) is 10.5 Å². The molecule has 1 aliphatic heterocycles. The van der Waals surface area contributed by atoms with Crippen molar-refractivity contribution in [3.8, 4) is 0 Å². The quantitative estimate of drug-likeness (QED) is 0.509. The van der Waals surface area contributed by atoms with Crippen molar-refractivity contribution >= 4 is 34.2 Å². The van der Waals surface area contributed by atoms with E-state index in [0.29, 0.717) is 12.2 Å². The Morgan fingerprint density at radius 2 is 2.05 bits per heavy atom. The molecule has 0 N–H and O–H groups in total. The van der Waals surface area contributed by atoms with E-state index in [-0.39, 0.29) is 22.7 Å². The predicted molar refractivity (Wildman–Crippen MR) is 69.8 cm³/mol. The van der Waals surface area contributed by atoms with Gasteiger partial charge < -0.3 is 0 Å². The largest absolute Gasteiger partial charge is 0.270 e. The van der Waals surface area contributed by atoms with Crippen LogP contribution in [0.3, 0.4) is 0 Å². The van der Waals surface area contributed by atoms with E-state index in [4.69, 9.17) is 0 Å². The first-order valence-electron chi connectivity index (χ1n) is 5.36. The molecule has 1 aromatic carbocycles. The van der Waals surface area contributed by atoms with Crippen LogP contribution in [0.15, 0.2) is 23.1 Å². The van der Waals surface area contributed by atoms with E-state index in [0.717, 1.165) is 16.4 Å². The van der Waals surface area contributed by atoms with Crippen molar-refractivity contribution in [1.29, 1.82) is 0 Å². The van der Waals surface area contributed by atoms with Gasteiger partial charge in [0, 0.05) is 18.7 Å². The van der Waals surface area contributed by atoms with Crippen LogP contribution in [-0.4, -0.2) is 35.9 Å². The van der Waals surface area contributed by atoms with Crippen LogP contribution in [0.5, 0.6) is 0 Å². The van der Waals surface area contributed by atoms with E-state index in [1.165, 1.54) is 6.07 Å². The number of nitro groups is 1. The second kappa shape index (κ2) is 4.82. The number of fused-ring (bicyclic) bond motifs is 1. The van der Waals surface area contributed by atoms with Gasteiger partial charge in [-0.25, -0.2) is 12.7 Å². The smallest absolute Gasteiger partial charge is 0.268 e. The molecule has 0 fully saturated rings. The van der Waals surface area contributed by atoms with Crippen LogP contribution in [0.1, 0.15) is 16.8 Å². The molecular weight excluding hydrogens is 292 g/mol. The van der Waals surface area contributed by atoms with Crippen LogP contribution in [0.25, 0.3) is 0 Å². The summed E-state index contributed by atoms with van der Waals surface area (Å²) >= 11 is 3.96. The van der Waals surface area contributed by atoms with Gasteiger partial charge in [-0.1, -0.05) is 0 Å². The first kappa shape index (κ1) is 13.8. The molecule has 1 aliphatic rings. The topological polar surface area (TPSA) is 97.6 Å². The standard InChI is InChI=1S/C10H10N2O5S2/c13-10-8-3-2-7(12(14)15)6-9(8)19(16,17)11(10)4-1-5-18/h2-3,6,18H,1,4-5H2. The molecule has 0 aromatic heterocycles. The number of rotatable bonds is 4. The molecule has 102 valence electrons. The molecule has 0 aliphatic carbocycles. The predicted octanol–water partition coefficient (Wildman–Crippen LogP) is 1.06. The summed E-state index contributed by atoms with van der Waals surface area (Å²) in [6.07, 6.45) is 0.421. The average molecular weight is 302 g/mol. The SMILES string of the molecule is O=C1c2ccc([N+](=O)[O-])cc2S(=O)(=O)N1CCCS. The maximum atomic E-state index is 12.1. The van der Waals surface area contributed by atoms with Gasteiger partial charge in [0.2, 0.25) is 0 Å². The zero-order valence-corrected chi connectivity index (χ0v) is 11.4. The molecule has 7 nitrogen and oxygen atoms in total. The van der Waals surface area contributed by atoms with E-state index < -0.39 is 20.9 Å². The van der Waals surface area contributed by atoms with Gasteiger partial charge >= 0.3 is 0 Å². The molecule has 0 atom stereocenters. The fourth-order valence-electron chi connectivity index (χ4n) is 1.81. The number of sulfonamides is 1. The summed E-state index contributed by atoms with van der Waals surface area (Å²) < 4.78 is 25.0. The Kier molecular flexibility index (Phi) is 3.50. The lowest BCUT2D eigenvalue weighted by atomic mass is 10.2. The summed E-state index contributed by atoms with van der Waals surface area (Å²) in [5.74, 6) is -0.206. The van der Waals surface area contributed by atoms with E-state index in [1.54, 1.807) is 0 Å². The number of carbonyl (C=O) groups excluding carboxylic acids is 1. The van der Waals surface area contributed by atoms with Crippen molar-refractivity contribution in [1.82, 2.24) is 4.31 Å². The molecule has 9 heteroatoms. The van der Waals surface area contributed by atoms with Gasteiger partial charge in [-0.15, -0.1) is 0 Å². The summed E-state index contributed by atoms with van der Waals surface area (Å²) in [4.78, 5) is 21.6. The highest BCUT2D eigenvalue weighted by molar-refractivity contribution is 7.90. The van der Waals surface area contributed by atoms with Crippen molar-refractivity contribution in [2.45, 2.75) is 11.3 Å². The molecule has 19 heavy (non-hydrogen) atoms. The van der Waals surface area contributed by atoms with Gasteiger partial charge in [-0.3, -0.25) is 14.9 Å². The van der Waals surface area contributed by atoms with Crippen molar-refractivity contribution in [2.75, 3.05) is 12.3 Å². The number of hydrogen-bond acceptors (Lipinski definition) is 6. The zero-order chi connectivity index (χ0) is 14.2. The van der Waals surface area contributed by atoms with Crippen LogP contribution in [-0.2, 0) is 10.0 Å². The number of thiol groups is 1. The van der Waals surface area contributed by atoms with Gasteiger partial charge in [0.15, 0.2) is 0 Å². The maximum Gasteiger partial charge on any atom is 0.270 e. The second-order valence-corrected chi connectivity index (χ2v) is 6.18. The minimum atomic E-state index is -3.98. The Bertz CT molecular complexity index is 656. The molecule has 0 spiro atoms. The number of benzene rings is 1. The molecule has 2 rings (SSSR count). The van der Waals surface area contributed by atoms with Gasteiger partial charge in [0.1, 0.15) is 4.90 Å². The minimum Gasteiger partial charge on any atom is -0.268 e. The number of amides is 1. The molecule has 0 bridgehead atoms. The van der Waals surface area contributed by atoms with E-state index in [2.05, 4.69) is 12.6 Å². The number of hydrogen-bond donors (Lipinski definition) is 1. The van der Waals surface area contributed by atoms with Crippen molar-refractivity contribution in [2.24, 2.45) is 0 Å². The summed E-state index contributed by atoms with van der Waals surface area (Å²) in [7, 11) is -3.98. The van der Waals surface area contributed by atoms with E-state index in [9.17, 15) is 23.3 Å². The monoisotopic (exact) mass is 302 g/mol. The number of carbonyl (C=O) groups is 1. The molecule has 0 saturated heterocycles. The van der Waals surface area contributed by atoms with E-state index in [1.807, 2.05) is 0 Å². The lowest BCUT2D eigenvalue weighted by molar-refractivity contribution is -0.385. The van der Waals surface area contributed by atoms with Crippen LogP contribution >= 0.6 is 12.6 Å². The highest BCUT2D eigenvalue weighted by Gasteiger charge is 2.41. The van der Waals surface area contributed by atoms with Crippen LogP contribution < -0.4 is 0 Å². The van der Waals surface area contributed by atoms with Crippen LogP contribution in [0.4, 0.5) is 5.69 Å². The fourth-order valence-corrected chi connectivity index (χ4v) is 3.58. The molecule has 0 saturated carbocycles. The summed E-state index contributed by atoms with van der Waals surface area (Å²) in [5, 5.41) is 10.6. The molecule has 0 radical (unpaired) electrons. The summed E-state index contributed by atoms with van der Waals surface area (Å²) in [6, 6.07) is 3.21. The van der Waals surface area contributed by atoms with Crippen LogP contribution in [0.2, 0.25) is 0 Å². The average Bonchev–Trinajstić information content (AvgIpc) is 2.55. The van der Waals surface area contributed by atoms with Gasteiger partial charge in [-0.2, -0.15) is 12.6 Å². The third-order valence-corrected chi connectivity index (χ3v) is 4.86. The lowest BCUT2D eigenvalue weighted by Gasteiger charge is -2.13. The third kappa shape index (κ3) is 2.19. The normalized spacial score (nSPS) is 16.5. The zero-order valence-electron chi connectivity index (χ0n) is 9.64.